The van der Waals surface area contributed by atoms with Crippen LogP contribution in [0.3, 0.4) is 0 Å². The zero-order valence-corrected chi connectivity index (χ0v) is 42.5. The third-order valence-electron chi connectivity index (χ3n) is 15.5. The van der Waals surface area contributed by atoms with Crippen molar-refractivity contribution in [2.45, 2.75) is 172 Å². The number of aliphatic hydroxyl groups excluding tert-OH is 1. The number of ether oxygens (including phenoxy) is 7. The summed E-state index contributed by atoms with van der Waals surface area (Å²) >= 11 is 1.46. The number of thioether (sulfide) groups is 1. The van der Waals surface area contributed by atoms with Gasteiger partial charge in [-0.2, -0.15) is 0 Å². The molecule has 7 aliphatic heterocycles. The highest BCUT2D eigenvalue weighted by Gasteiger charge is 2.60. The molecule has 0 aromatic heterocycles. The molecule has 15 nitrogen and oxygen atoms in total. The summed E-state index contributed by atoms with van der Waals surface area (Å²) in [5.74, 6) is 0.936. The molecule has 0 radical (unpaired) electrons. The van der Waals surface area contributed by atoms with Crippen LogP contribution in [0.5, 0.6) is 40.2 Å². The number of benzene rings is 3. The third kappa shape index (κ3) is 9.31. The zero-order chi connectivity index (χ0) is 49.3. The van der Waals surface area contributed by atoms with E-state index < -0.39 is 53.1 Å². The molecule has 7 heterocycles. The van der Waals surface area contributed by atoms with E-state index in [2.05, 4.69) is 17.6 Å². The molecule has 10 rings (SSSR count). The number of aryl methyl sites for hydroxylation is 1. The Labute approximate surface area is 415 Å². The second-order valence-electron chi connectivity index (χ2n) is 19.9. The third-order valence-corrected chi connectivity index (χ3v) is 16.9. The first-order valence-corrected chi connectivity index (χ1v) is 26.7. The number of rotatable bonds is 18. The van der Waals surface area contributed by atoms with Gasteiger partial charge in [0.05, 0.1) is 37.6 Å². The Morgan fingerprint density at radius 2 is 1.54 bits per heavy atom. The predicted molar refractivity (Wildman–Crippen MR) is 264 cm³/mol. The maximum absolute atomic E-state index is 15.1. The van der Waals surface area contributed by atoms with E-state index in [0.29, 0.717) is 88.1 Å². The number of aromatic hydroxyl groups is 1. The molecule has 2 saturated heterocycles. The van der Waals surface area contributed by atoms with Crippen LogP contribution in [0.1, 0.15) is 166 Å². The molecule has 1 unspecified atom stereocenters. The van der Waals surface area contributed by atoms with E-state index >= 15 is 4.79 Å². The van der Waals surface area contributed by atoms with Crippen LogP contribution in [0.4, 0.5) is 0 Å². The Bertz CT molecular complexity index is 2460. The molecule has 380 valence electrons. The zero-order valence-electron chi connectivity index (χ0n) is 41.7. The van der Waals surface area contributed by atoms with E-state index in [1.54, 1.807) is 6.07 Å². The Morgan fingerprint density at radius 3 is 2.23 bits per heavy atom. The molecule has 4 bridgehead atoms. The summed E-state index contributed by atoms with van der Waals surface area (Å²) in [4.78, 5) is 43.4. The highest BCUT2D eigenvalue weighted by atomic mass is 32.2. The van der Waals surface area contributed by atoms with E-state index in [9.17, 15) is 19.8 Å². The maximum atomic E-state index is 15.1. The van der Waals surface area contributed by atoms with Crippen molar-refractivity contribution < 1.29 is 57.8 Å². The Kier molecular flexibility index (Phi) is 15.5. The van der Waals surface area contributed by atoms with Crippen LogP contribution in [0.2, 0.25) is 0 Å². The second-order valence-corrected chi connectivity index (χ2v) is 21.1. The summed E-state index contributed by atoms with van der Waals surface area (Å²) in [6, 6.07) is 3.18. The molecule has 7 atom stereocenters. The molecule has 3 aromatic rings. The SMILES string of the molecule is CCCCCCCCCCCCCCCC(=O)Oc1cc2c(cc1OC)[C@@]1(CS[C@@H]3c4c(OC(C)=O)c(C)c5c(c4[C@H](COC1=O)N1C3[C@@H]3N[C@@H](Cc4cc(C)c(OC)c(O)c43)[C@@H]1O)OCO5)NCC2. The van der Waals surface area contributed by atoms with Gasteiger partial charge in [-0.25, -0.2) is 4.79 Å². The first-order valence-electron chi connectivity index (χ1n) is 25.6. The highest BCUT2D eigenvalue weighted by Crippen LogP contribution is 2.63. The summed E-state index contributed by atoms with van der Waals surface area (Å²) in [7, 11) is 3.05. The van der Waals surface area contributed by atoms with Gasteiger partial charge in [0.2, 0.25) is 6.79 Å². The fourth-order valence-electron chi connectivity index (χ4n) is 12.1. The number of carbonyl (C=O) groups is 3. The topological polar surface area (TPSA) is 184 Å². The van der Waals surface area contributed by atoms with Gasteiger partial charge in [-0.15, -0.1) is 11.8 Å². The number of nitrogens with one attached hydrogen (secondary N) is 2. The van der Waals surface area contributed by atoms with Crippen molar-refractivity contribution in [3.8, 4) is 40.2 Å². The number of aliphatic hydroxyl groups is 1. The average molecular weight is 986 g/mol. The minimum absolute atomic E-state index is 0.0174. The first kappa shape index (κ1) is 50.2. The summed E-state index contributed by atoms with van der Waals surface area (Å²) < 4.78 is 42.6. The van der Waals surface area contributed by atoms with Crippen LogP contribution in [-0.4, -0.2) is 91.2 Å². The van der Waals surface area contributed by atoms with Crippen molar-refractivity contribution in [2.24, 2.45) is 0 Å². The predicted octanol–water partition coefficient (Wildman–Crippen LogP) is 8.75. The number of piperazine rings is 1. The minimum Gasteiger partial charge on any atom is -0.504 e. The smallest absolute Gasteiger partial charge is 0.331 e. The summed E-state index contributed by atoms with van der Waals surface area (Å²) in [6.45, 7) is 7.46. The Balaban J connectivity index is 1.01. The molecule has 16 heteroatoms. The number of esters is 3. The van der Waals surface area contributed by atoms with Gasteiger partial charge in [-0.05, 0) is 67.5 Å². The van der Waals surface area contributed by atoms with Crippen LogP contribution < -0.4 is 39.1 Å². The molecular weight excluding hydrogens is 915 g/mol. The number of phenolic OH excluding ortho intramolecular Hbond substituents is 1. The first-order chi connectivity index (χ1) is 33.9. The number of phenols is 1. The number of fused-ring (bicyclic) bond motifs is 9. The molecule has 3 aromatic carbocycles. The van der Waals surface area contributed by atoms with Crippen molar-refractivity contribution in [2.75, 3.05) is 39.9 Å². The molecular formula is C54H71N3O12S. The molecule has 0 aliphatic carbocycles. The highest BCUT2D eigenvalue weighted by molar-refractivity contribution is 7.99. The monoisotopic (exact) mass is 985 g/mol. The molecule has 4 N–H and O–H groups in total. The second kappa shape index (κ2) is 21.5. The van der Waals surface area contributed by atoms with Gasteiger partial charge in [0.25, 0.3) is 0 Å². The van der Waals surface area contributed by atoms with Gasteiger partial charge < -0.3 is 48.7 Å². The largest absolute Gasteiger partial charge is 0.504 e. The van der Waals surface area contributed by atoms with Gasteiger partial charge in [0.15, 0.2) is 40.0 Å². The fraction of sp³-hybridized carbons (Fsp3) is 0.611. The number of nitrogens with zero attached hydrogens (tertiary/aromatic N) is 1. The summed E-state index contributed by atoms with van der Waals surface area (Å²) in [5.41, 5.74) is 4.23. The van der Waals surface area contributed by atoms with Crippen molar-refractivity contribution in [1.29, 1.82) is 0 Å². The van der Waals surface area contributed by atoms with Crippen LogP contribution in [0.15, 0.2) is 18.2 Å². The van der Waals surface area contributed by atoms with Crippen LogP contribution in [-0.2, 0) is 37.5 Å². The Morgan fingerprint density at radius 1 is 0.843 bits per heavy atom. The van der Waals surface area contributed by atoms with Gasteiger partial charge >= 0.3 is 17.9 Å². The van der Waals surface area contributed by atoms with Gasteiger partial charge in [0.1, 0.15) is 18.6 Å². The lowest BCUT2D eigenvalue weighted by atomic mass is 9.74. The van der Waals surface area contributed by atoms with E-state index in [1.165, 1.54) is 97.1 Å². The van der Waals surface area contributed by atoms with Gasteiger partial charge in [0, 0.05) is 53.9 Å². The molecule has 7 aliphatic rings. The number of methoxy groups -OCH3 is 2. The summed E-state index contributed by atoms with van der Waals surface area (Å²) in [5, 5.41) is 31.2. The molecule has 2 fully saturated rings. The van der Waals surface area contributed by atoms with E-state index in [-0.39, 0.29) is 30.9 Å². The molecule has 70 heavy (non-hydrogen) atoms. The van der Waals surface area contributed by atoms with Gasteiger partial charge in [-0.1, -0.05) is 90.0 Å². The quantitative estimate of drug-likeness (QED) is 0.0539. The van der Waals surface area contributed by atoms with Crippen molar-refractivity contribution in [1.82, 2.24) is 15.5 Å². The Hall–Kier alpha value is -4.74. The lowest BCUT2D eigenvalue weighted by Crippen LogP contribution is -2.69. The van der Waals surface area contributed by atoms with Crippen LogP contribution in [0, 0.1) is 13.8 Å². The van der Waals surface area contributed by atoms with Crippen molar-refractivity contribution in [3.63, 3.8) is 0 Å². The number of unbranched alkanes of at least 4 members (excludes halogenated alkanes) is 12. The number of hydrogen-bond donors (Lipinski definition) is 4. The maximum Gasteiger partial charge on any atom is 0.331 e. The lowest BCUT2D eigenvalue weighted by molar-refractivity contribution is -0.164. The number of hydrogen-bond acceptors (Lipinski definition) is 16. The van der Waals surface area contributed by atoms with Crippen molar-refractivity contribution in [3.05, 3.63) is 62.7 Å². The van der Waals surface area contributed by atoms with E-state index in [0.717, 1.165) is 36.0 Å². The van der Waals surface area contributed by atoms with Crippen LogP contribution in [0.25, 0.3) is 0 Å². The van der Waals surface area contributed by atoms with Gasteiger partial charge in [-0.3, -0.25) is 19.8 Å². The lowest BCUT2D eigenvalue weighted by Gasteiger charge is -2.59. The summed E-state index contributed by atoms with van der Waals surface area (Å²) in [6.07, 6.45) is 16.0. The standard InChI is InChI=1S/C54H71N3O12S/c1-7-8-9-10-11-12-13-14-15-16-17-18-19-20-40(59)69-39-25-33-21-22-55-54(35(33)26-38(39)63-5)28-70-51-43-42(50-49(66-29-67-50)31(3)48(43)68-32(4)58)37(27-65-53(54)62)57-45(51)44-41-34(24-36(56-44)52(57)61)23-30(2)47(64-6)46(41)60/h23,25-26,36-37,44-45,51-52,55-56,60-61H,7-22,24,27-29H2,1-6H3/t36-,37-,44+,45?,51+,52-,54+/m0/s1. The number of carbonyl (C=O) groups excluding carboxylic acids is 3. The molecule has 0 saturated carbocycles. The molecule has 1 spiro atoms. The van der Waals surface area contributed by atoms with E-state index in [4.69, 9.17) is 33.2 Å². The minimum atomic E-state index is -1.41. The normalized spacial score (nSPS) is 25.0. The van der Waals surface area contributed by atoms with Crippen LogP contribution >= 0.6 is 11.8 Å². The van der Waals surface area contributed by atoms with E-state index in [1.807, 2.05) is 30.9 Å². The average Bonchev–Trinajstić information content (AvgIpc) is 3.84. The molecule has 0 amide bonds. The van der Waals surface area contributed by atoms with Crippen molar-refractivity contribution >= 4 is 29.7 Å². The fourth-order valence-corrected chi connectivity index (χ4v) is 13.8.